The first-order valence-corrected chi connectivity index (χ1v) is 10.1. The van der Waals surface area contributed by atoms with Gasteiger partial charge in [0.05, 0.1) is 24.0 Å². The number of halogens is 1. The van der Waals surface area contributed by atoms with Gasteiger partial charge in [-0.1, -0.05) is 22.9 Å². The van der Waals surface area contributed by atoms with Crippen LogP contribution in [0.15, 0.2) is 6.20 Å². The number of H-pyrrole nitrogens is 1. The number of aromatic carboxylic acids is 1. The molecule has 28 heavy (non-hydrogen) atoms. The van der Waals surface area contributed by atoms with Crippen molar-refractivity contribution in [3.63, 3.8) is 0 Å². The quantitative estimate of drug-likeness (QED) is 0.571. The number of nitrogens with two attached hydrogens (primary N) is 1. The first-order valence-electron chi connectivity index (χ1n) is 8.89. The smallest absolute Gasteiger partial charge is 0.347 e. The van der Waals surface area contributed by atoms with E-state index < -0.39 is 12.0 Å². The predicted octanol–water partition coefficient (Wildman–Crippen LogP) is 1.97. The summed E-state index contributed by atoms with van der Waals surface area (Å²) in [6, 6.07) is -0.786. The molecule has 3 atom stereocenters. The molecule has 11 heteroatoms. The first kappa shape index (κ1) is 20.7. The minimum absolute atomic E-state index is 0.152. The van der Waals surface area contributed by atoms with Gasteiger partial charge in [-0.15, -0.1) is 0 Å². The molecule has 0 radical (unpaired) electrons. The molecule has 1 saturated heterocycles. The molecule has 2 aromatic rings. The molecule has 0 aromatic carbocycles. The number of aryl methyl sites for hydroxylation is 1. The number of hydrogen-bond donors (Lipinski definition) is 3. The standard InChI is InChI=1S/C17H22ClN5O4S/c1-3-27-10-7-23(17-20-6-11(28-17)16(25)26)5-4-9(10)12(19)13(24)15-21-8(2)14(18)22-15/h6,9-10,12H,3-5,7,19H2,1-2H3,(H,21,22)(H,25,26)/t9?,10-,12?/m0/s1. The number of ketones is 1. The van der Waals surface area contributed by atoms with Gasteiger partial charge in [0.25, 0.3) is 0 Å². The molecule has 9 nitrogen and oxygen atoms in total. The van der Waals surface area contributed by atoms with Crippen LogP contribution >= 0.6 is 22.9 Å². The van der Waals surface area contributed by atoms with Crippen molar-refractivity contribution < 1.29 is 19.4 Å². The highest BCUT2D eigenvalue weighted by Crippen LogP contribution is 2.30. The molecule has 0 bridgehead atoms. The lowest BCUT2D eigenvalue weighted by Gasteiger charge is -2.40. The van der Waals surface area contributed by atoms with Crippen molar-refractivity contribution in [1.29, 1.82) is 0 Å². The second kappa shape index (κ2) is 8.56. The SMILES string of the molecule is CCO[C@H]1CN(c2ncc(C(=O)O)s2)CCC1C(N)C(=O)c1nc(Cl)c(C)[nH]1. The number of thiazole rings is 1. The highest BCUT2D eigenvalue weighted by molar-refractivity contribution is 7.17. The Morgan fingerprint density at radius 3 is 2.89 bits per heavy atom. The number of rotatable bonds is 7. The number of aromatic amines is 1. The van der Waals surface area contributed by atoms with E-state index in [2.05, 4.69) is 15.0 Å². The number of carboxylic acid groups (broad SMARTS) is 1. The van der Waals surface area contributed by atoms with Crippen LogP contribution in [0.4, 0.5) is 5.13 Å². The maximum Gasteiger partial charge on any atom is 0.347 e. The summed E-state index contributed by atoms with van der Waals surface area (Å²) in [4.78, 5) is 37.1. The molecule has 2 unspecified atom stereocenters. The van der Waals surface area contributed by atoms with Crippen LogP contribution in [-0.2, 0) is 4.74 Å². The first-order chi connectivity index (χ1) is 13.3. The number of anilines is 1. The molecule has 0 spiro atoms. The van der Waals surface area contributed by atoms with Crippen LogP contribution in [-0.4, -0.2) is 63.7 Å². The number of nitrogens with one attached hydrogen (secondary N) is 1. The summed E-state index contributed by atoms with van der Waals surface area (Å²) in [6.45, 7) is 5.16. The third-order valence-electron chi connectivity index (χ3n) is 4.79. The second-order valence-corrected chi connectivity index (χ2v) is 7.96. The molecule has 0 saturated carbocycles. The fraction of sp³-hybridized carbons (Fsp3) is 0.529. The summed E-state index contributed by atoms with van der Waals surface area (Å²) < 4.78 is 5.87. The van der Waals surface area contributed by atoms with Gasteiger partial charge in [-0.3, -0.25) is 4.79 Å². The summed E-state index contributed by atoms with van der Waals surface area (Å²) in [5.74, 6) is -1.36. The molecule has 1 fully saturated rings. The van der Waals surface area contributed by atoms with E-state index in [1.54, 1.807) is 6.92 Å². The number of carboxylic acids is 1. The van der Waals surface area contributed by atoms with Crippen LogP contribution < -0.4 is 10.6 Å². The summed E-state index contributed by atoms with van der Waals surface area (Å²) in [5, 5.41) is 9.97. The van der Waals surface area contributed by atoms with Crippen LogP contribution in [0.1, 0.15) is 39.3 Å². The number of carbonyl (C=O) groups is 2. The molecular formula is C17H22ClN5O4S. The van der Waals surface area contributed by atoms with E-state index in [-0.39, 0.29) is 33.7 Å². The van der Waals surface area contributed by atoms with Gasteiger partial charge in [0, 0.05) is 25.6 Å². The maximum absolute atomic E-state index is 12.8. The van der Waals surface area contributed by atoms with Gasteiger partial charge < -0.3 is 25.5 Å². The molecule has 3 heterocycles. The minimum atomic E-state index is -1.000. The van der Waals surface area contributed by atoms with Gasteiger partial charge in [0.2, 0.25) is 5.78 Å². The molecule has 0 aliphatic carbocycles. The number of piperidine rings is 1. The van der Waals surface area contributed by atoms with E-state index in [0.29, 0.717) is 36.9 Å². The Labute approximate surface area is 170 Å². The second-order valence-electron chi connectivity index (χ2n) is 6.60. The predicted molar refractivity (Wildman–Crippen MR) is 105 cm³/mol. The number of hydrogen-bond acceptors (Lipinski definition) is 8. The Balaban J connectivity index is 1.74. The van der Waals surface area contributed by atoms with Gasteiger partial charge in [-0.25, -0.2) is 14.8 Å². The summed E-state index contributed by atoms with van der Waals surface area (Å²) in [7, 11) is 0. The Kier molecular flexibility index (Phi) is 6.33. The zero-order valence-corrected chi connectivity index (χ0v) is 17.1. The third kappa shape index (κ3) is 4.19. The number of imidazole rings is 1. The zero-order valence-electron chi connectivity index (χ0n) is 15.5. The van der Waals surface area contributed by atoms with Crippen molar-refractivity contribution >= 4 is 39.8 Å². The van der Waals surface area contributed by atoms with Gasteiger partial charge >= 0.3 is 5.97 Å². The fourth-order valence-electron chi connectivity index (χ4n) is 3.33. The van der Waals surface area contributed by atoms with Crippen LogP contribution in [0.2, 0.25) is 5.15 Å². The largest absolute Gasteiger partial charge is 0.477 e. The molecule has 1 aliphatic rings. The molecule has 3 rings (SSSR count). The topological polar surface area (TPSA) is 134 Å². The number of nitrogens with zero attached hydrogens (tertiary/aromatic N) is 3. The Morgan fingerprint density at radius 1 is 1.57 bits per heavy atom. The molecule has 152 valence electrons. The van der Waals surface area contributed by atoms with Crippen molar-refractivity contribution in [1.82, 2.24) is 15.0 Å². The number of carbonyl (C=O) groups excluding carboxylic acids is 1. The zero-order chi connectivity index (χ0) is 20.4. The average molecular weight is 428 g/mol. The van der Waals surface area contributed by atoms with E-state index in [0.717, 1.165) is 11.3 Å². The molecule has 2 aromatic heterocycles. The third-order valence-corrected chi connectivity index (χ3v) is 6.20. The number of Topliss-reactive ketones (excluding diaryl/α,β-unsaturated/α-hetero) is 1. The van der Waals surface area contributed by atoms with E-state index >= 15 is 0 Å². The molecule has 4 N–H and O–H groups in total. The minimum Gasteiger partial charge on any atom is -0.477 e. The summed E-state index contributed by atoms with van der Waals surface area (Å²) in [6.07, 6.45) is 1.66. The van der Waals surface area contributed by atoms with Crippen LogP contribution in [0, 0.1) is 12.8 Å². The van der Waals surface area contributed by atoms with E-state index in [1.807, 2.05) is 11.8 Å². The van der Waals surface area contributed by atoms with Gasteiger partial charge in [-0.2, -0.15) is 0 Å². The lowest BCUT2D eigenvalue weighted by Crippen LogP contribution is -2.53. The van der Waals surface area contributed by atoms with Crippen LogP contribution in [0.3, 0.4) is 0 Å². The highest BCUT2D eigenvalue weighted by atomic mass is 35.5. The highest BCUT2D eigenvalue weighted by Gasteiger charge is 2.38. The van der Waals surface area contributed by atoms with E-state index in [9.17, 15) is 9.59 Å². The van der Waals surface area contributed by atoms with Crippen molar-refractivity contribution in [3.05, 3.63) is 27.7 Å². The molecule has 1 aliphatic heterocycles. The average Bonchev–Trinajstić information content (AvgIpc) is 3.28. The monoisotopic (exact) mass is 427 g/mol. The van der Waals surface area contributed by atoms with Crippen molar-refractivity contribution in [2.75, 3.05) is 24.6 Å². The van der Waals surface area contributed by atoms with Crippen molar-refractivity contribution in [3.8, 4) is 0 Å². The lowest BCUT2D eigenvalue weighted by atomic mass is 9.85. The number of aromatic nitrogens is 3. The van der Waals surface area contributed by atoms with E-state index in [4.69, 9.17) is 27.2 Å². The Bertz CT molecular complexity index is 850. The van der Waals surface area contributed by atoms with Gasteiger partial charge in [0.1, 0.15) is 4.88 Å². The Morgan fingerprint density at radius 2 is 2.32 bits per heavy atom. The van der Waals surface area contributed by atoms with Crippen molar-refractivity contribution in [2.45, 2.75) is 32.4 Å². The number of ether oxygens (including phenoxy) is 1. The lowest BCUT2D eigenvalue weighted by molar-refractivity contribution is 0.00472. The normalized spacial score (nSPS) is 20.9. The Hall–Kier alpha value is -2.01. The molecular weight excluding hydrogens is 406 g/mol. The molecule has 0 amide bonds. The van der Waals surface area contributed by atoms with Crippen LogP contribution in [0.5, 0.6) is 0 Å². The van der Waals surface area contributed by atoms with Crippen molar-refractivity contribution in [2.24, 2.45) is 11.7 Å². The maximum atomic E-state index is 12.8. The fourth-order valence-corrected chi connectivity index (χ4v) is 4.25. The van der Waals surface area contributed by atoms with E-state index in [1.165, 1.54) is 6.20 Å². The van der Waals surface area contributed by atoms with Crippen LogP contribution in [0.25, 0.3) is 0 Å². The summed E-state index contributed by atoms with van der Waals surface area (Å²) >= 11 is 7.06. The summed E-state index contributed by atoms with van der Waals surface area (Å²) in [5.41, 5.74) is 6.91. The van der Waals surface area contributed by atoms with Gasteiger partial charge in [0.15, 0.2) is 16.1 Å². The van der Waals surface area contributed by atoms with Gasteiger partial charge in [-0.05, 0) is 20.3 Å².